The zero-order chi connectivity index (χ0) is 24.4. The van der Waals surface area contributed by atoms with Gasteiger partial charge in [-0.1, -0.05) is 60.1 Å². The van der Waals surface area contributed by atoms with E-state index in [1.807, 2.05) is 6.92 Å². The Morgan fingerprint density at radius 3 is 2.30 bits per heavy atom. The van der Waals surface area contributed by atoms with Crippen molar-refractivity contribution >= 4 is 0 Å². The van der Waals surface area contributed by atoms with Crippen LogP contribution >= 0.6 is 0 Å². The summed E-state index contributed by atoms with van der Waals surface area (Å²) in [6.07, 6.45) is 12.4. The second kappa shape index (κ2) is 8.63. The van der Waals surface area contributed by atoms with Gasteiger partial charge in [0.1, 0.15) is 0 Å². The fourth-order valence-corrected chi connectivity index (χ4v) is 9.71. The van der Waals surface area contributed by atoms with Crippen molar-refractivity contribution in [3.05, 3.63) is 11.6 Å². The van der Waals surface area contributed by atoms with Crippen LogP contribution in [0.2, 0.25) is 0 Å². The highest BCUT2D eigenvalue weighted by atomic mass is 16.3. The molecule has 0 bridgehead atoms. The molecule has 0 heterocycles. The number of hydrogen-bond donors (Lipinski definition) is 3. The van der Waals surface area contributed by atoms with Gasteiger partial charge in [0, 0.05) is 12.5 Å². The van der Waals surface area contributed by atoms with Gasteiger partial charge in [-0.25, -0.2) is 0 Å². The smallest absolute Gasteiger partial charge is 0.0594 e. The predicted octanol–water partition coefficient (Wildman–Crippen LogP) is 6.36. The summed E-state index contributed by atoms with van der Waals surface area (Å²) in [4.78, 5) is 0. The molecule has 0 aromatic heterocycles. The lowest BCUT2D eigenvalue weighted by molar-refractivity contribution is -0.118. The second-order valence-corrected chi connectivity index (χ2v) is 14.1. The third-order valence-corrected chi connectivity index (χ3v) is 12.4. The molecule has 0 aromatic carbocycles. The van der Waals surface area contributed by atoms with Gasteiger partial charge in [0.15, 0.2) is 0 Å². The van der Waals surface area contributed by atoms with Crippen molar-refractivity contribution < 1.29 is 15.3 Å². The van der Waals surface area contributed by atoms with Gasteiger partial charge in [0.25, 0.3) is 0 Å². The minimum absolute atomic E-state index is 0.000266. The predicted molar refractivity (Wildman–Crippen MR) is 136 cm³/mol. The summed E-state index contributed by atoms with van der Waals surface area (Å²) in [5.41, 5.74) is 2.66. The van der Waals surface area contributed by atoms with Crippen molar-refractivity contribution in [3.63, 3.8) is 0 Å². The third-order valence-electron chi connectivity index (χ3n) is 12.4. The van der Waals surface area contributed by atoms with Crippen LogP contribution in [0, 0.1) is 51.2 Å². The molecular weight excluding hydrogens is 408 g/mol. The highest BCUT2D eigenvalue weighted by Gasteiger charge is 2.65. The Kier molecular flexibility index (Phi) is 6.72. The maximum absolute atomic E-state index is 10.8. The standard InChI is InChI=1S/C30H52O3/c1-19(8-10-24(32)20(2)18-31)21-12-16-30(7)23-9-11-25-27(3,4)26(33)14-15-28(25,5)22(23)13-17-29(21,30)6/h13,19-21,23-26,31-33H,8-12,14-18H2,1-7H3/t19-,20?,21-,23-,24+,25+,26-,28-,29-,30+/m1/s1. The summed E-state index contributed by atoms with van der Waals surface area (Å²) in [6.45, 7) is 16.8. The molecule has 4 aliphatic rings. The molecule has 0 aliphatic heterocycles. The summed E-state index contributed by atoms with van der Waals surface area (Å²) in [7, 11) is 0. The van der Waals surface area contributed by atoms with Crippen LogP contribution in [0.3, 0.4) is 0 Å². The Balaban J connectivity index is 1.57. The zero-order valence-electron chi connectivity index (χ0n) is 22.5. The molecule has 4 aliphatic carbocycles. The number of hydrogen-bond acceptors (Lipinski definition) is 3. The first kappa shape index (κ1) is 25.7. The quantitative estimate of drug-likeness (QED) is 0.404. The zero-order valence-corrected chi connectivity index (χ0v) is 22.5. The van der Waals surface area contributed by atoms with Gasteiger partial charge in [0.05, 0.1) is 12.2 Å². The number of aliphatic hydroxyl groups excluding tert-OH is 3. The number of aliphatic hydroxyl groups is 3. The first-order chi connectivity index (χ1) is 15.3. The lowest BCUT2D eigenvalue weighted by Crippen LogP contribution is -2.57. The van der Waals surface area contributed by atoms with Crippen LogP contribution in [0.4, 0.5) is 0 Å². The molecule has 1 unspecified atom stereocenters. The van der Waals surface area contributed by atoms with Crippen molar-refractivity contribution in [2.45, 2.75) is 118 Å². The number of fused-ring (bicyclic) bond motifs is 5. The van der Waals surface area contributed by atoms with Crippen molar-refractivity contribution in [2.75, 3.05) is 6.61 Å². The fraction of sp³-hybridized carbons (Fsp3) is 0.933. The van der Waals surface area contributed by atoms with Gasteiger partial charge in [-0.2, -0.15) is 0 Å². The Bertz CT molecular complexity index is 758. The summed E-state index contributed by atoms with van der Waals surface area (Å²) < 4.78 is 0. The molecule has 3 N–H and O–H groups in total. The summed E-state index contributed by atoms with van der Waals surface area (Å²) >= 11 is 0. The van der Waals surface area contributed by atoms with E-state index in [1.54, 1.807) is 5.57 Å². The average molecular weight is 461 g/mol. The van der Waals surface area contributed by atoms with Gasteiger partial charge < -0.3 is 15.3 Å². The van der Waals surface area contributed by atoms with E-state index in [4.69, 9.17) is 0 Å². The number of rotatable bonds is 6. The van der Waals surface area contributed by atoms with E-state index in [0.717, 1.165) is 25.7 Å². The Hall–Kier alpha value is -0.380. The van der Waals surface area contributed by atoms with Crippen LogP contribution in [0.25, 0.3) is 0 Å². The minimum atomic E-state index is -0.392. The fourth-order valence-electron chi connectivity index (χ4n) is 9.71. The van der Waals surface area contributed by atoms with E-state index >= 15 is 0 Å². The summed E-state index contributed by atoms with van der Waals surface area (Å²) in [6, 6.07) is 0. The van der Waals surface area contributed by atoms with Gasteiger partial charge in [0.2, 0.25) is 0 Å². The molecule has 10 atom stereocenters. The van der Waals surface area contributed by atoms with Gasteiger partial charge in [-0.15, -0.1) is 0 Å². The molecular formula is C30H52O3. The lowest BCUT2D eigenvalue weighted by Gasteiger charge is -2.64. The van der Waals surface area contributed by atoms with Crippen LogP contribution < -0.4 is 0 Å². The van der Waals surface area contributed by atoms with Gasteiger partial charge in [-0.05, 0) is 103 Å². The van der Waals surface area contributed by atoms with Crippen molar-refractivity contribution in [3.8, 4) is 0 Å². The first-order valence-corrected chi connectivity index (χ1v) is 14.0. The Morgan fingerprint density at radius 2 is 1.64 bits per heavy atom. The van der Waals surface area contributed by atoms with E-state index in [0.29, 0.717) is 34.5 Å². The molecule has 33 heavy (non-hydrogen) atoms. The van der Waals surface area contributed by atoms with E-state index in [2.05, 4.69) is 47.6 Å². The van der Waals surface area contributed by atoms with Crippen molar-refractivity contribution in [2.24, 2.45) is 51.2 Å². The third kappa shape index (κ3) is 3.70. The van der Waals surface area contributed by atoms with Crippen LogP contribution in [-0.2, 0) is 0 Å². The normalized spacial score (nSPS) is 47.0. The van der Waals surface area contributed by atoms with Crippen molar-refractivity contribution in [1.29, 1.82) is 0 Å². The second-order valence-electron chi connectivity index (χ2n) is 14.1. The minimum Gasteiger partial charge on any atom is -0.396 e. The van der Waals surface area contributed by atoms with Crippen LogP contribution in [0.5, 0.6) is 0 Å². The molecule has 3 fully saturated rings. The summed E-state index contributed by atoms with van der Waals surface area (Å²) in [5.74, 6) is 2.53. The van der Waals surface area contributed by atoms with Crippen LogP contribution in [-0.4, -0.2) is 34.1 Å². The van der Waals surface area contributed by atoms with Crippen molar-refractivity contribution in [1.82, 2.24) is 0 Å². The molecule has 0 amide bonds. The Labute approximate surface area is 203 Å². The lowest BCUT2D eigenvalue weighted by atomic mass is 9.41. The topological polar surface area (TPSA) is 60.7 Å². The molecule has 4 rings (SSSR count). The van der Waals surface area contributed by atoms with E-state index in [1.165, 1.54) is 32.1 Å². The van der Waals surface area contributed by atoms with E-state index in [-0.39, 0.29) is 29.5 Å². The van der Waals surface area contributed by atoms with Crippen LogP contribution in [0.15, 0.2) is 11.6 Å². The molecule has 0 saturated heterocycles. The molecule has 3 saturated carbocycles. The molecule has 3 heteroatoms. The molecule has 0 aromatic rings. The average Bonchev–Trinajstić information content (AvgIpc) is 3.05. The van der Waals surface area contributed by atoms with Gasteiger partial charge >= 0.3 is 0 Å². The molecule has 0 radical (unpaired) electrons. The summed E-state index contributed by atoms with van der Waals surface area (Å²) in [5, 5.41) is 30.6. The molecule has 190 valence electrons. The first-order valence-electron chi connectivity index (χ1n) is 14.0. The number of allylic oxidation sites excluding steroid dienone is 2. The Morgan fingerprint density at radius 1 is 0.939 bits per heavy atom. The monoisotopic (exact) mass is 460 g/mol. The molecule has 0 spiro atoms. The highest BCUT2D eigenvalue weighted by molar-refractivity contribution is 5.32. The maximum Gasteiger partial charge on any atom is 0.0594 e. The van der Waals surface area contributed by atoms with E-state index < -0.39 is 6.10 Å². The van der Waals surface area contributed by atoms with Crippen LogP contribution in [0.1, 0.15) is 106 Å². The maximum atomic E-state index is 10.8. The largest absolute Gasteiger partial charge is 0.396 e. The van der Waals surface area contributed by atoms with E-state index in [9.17, 15) is 15.3 Å². The molecule has 3 nitrogen and oxygen atoms in total. The SMILES string of the molecule is CC(CO)[C@@H](O)CC[C@@H](C)[C@H]1CC[C@@]2(C)[C@@H]3CC[C@H]4C(C)(C)[C@H](O)CC[C@]4(C)C3=CC[C@]12C. The van der Waals surface area contributed by atoms with Gasteiger partial charge in [-0.3, -0.25) is 0 Å². The highest BCUT2D eigenvalue weighted by Crippen LogP contribution is 2.73.